The third kappa shape index (κ3) is 4.35. The minimum absolute atomic E-state index is 0. The molecule has 0 radical (unpaired) electrons. The van der Waals surface area contributed by atoms with Crippen molar-refractivity contribution in [3.05, 3.63) is 0 Å². The van der Waals surface area contributed by atoms with Crippen molar-refractivity contribution in [2.24, 2.45) is 22.2 Å². The maximum Gasteiger partial charge on any atom is 0.308 e. The van der Waals surface area contributed by atoms with Gasteiger partial charge in [-0.25, -0.2) is 0 Å². The van der Waals surface area contributed by atoms with Crippen LogP contribution in [0.15, 0.2) is 4.99 Å². The van der Waals surface area contributed by atoms with Crippen LogP contribution in [0.1, 0.15) is 51.9 Å². The van der Waals surface area contributed by atoms with Crippen LogP contribution in [-0.2, 0) is 9.53 Å². The van der Waals surface area contributed by atoms with Crippen molar-refractivity contribution in [2.75, 3.05) is 33.3 Å². The molecule has 1 aliphatic heterocycles. The molecule has 0 unspecified atom stereocenters. The van der Waals surface area contributed by atoms with Gasteiger partial charge in [0.1, 0.15) is 0 Å². The lowest BCUT2D eigenvalue weighted by Crippen LogP contribution is -2.47. The summed E-state index contributed by atoms with van der Waals surface area (Å²) >= 11 is 0. The van der Waals surface area contributed by atoms with Crippen LogP contribution < -0.4 is 5.32 Å². The monoisotopic (exact) mass is 449 g/mol. The lowest BCUT2D eigenvalue weighted by Gasteiger charge is -2.42. The first kappa shape index (κ1) is 19.8. The van der Waals surface area contributed by atoms with E-state index >= 15 is 0 Å². The number of ether oxygens (including phenoxy) is 1. The maximum atomic E-state index is 11.7. The number of methoxy groups -OCH3 is 1. The summed E-state index contributed by atoms with van der Waals surface area (Å²) in [6.07, 6.45) is 8.67. The highest BCUT2D eigenvalue weighted by atomic mass is 127. The molecule has 0 aromatic heterocycles. The van der Waals surface area contributed by atoms with Gasteiger partial charge in [0.15, 0.2) is 5.96 Å². The minimum Gasteiger partial charge on any atom is -0.469 e. The van der Waals surface area contributed by atoms with Crippen molar-refractivity contribution < 1.29 is 9.53 Å². The number of guanidine groups is 1. The molecule has 0 amide bonds. The number of likely N-dealkylation sites (tertiary alicyclic amines) is 1. The first-order chi connectivity index (χ1) is 11.2. The number of rotatable bonds is 5. The fourth-order valence-electron chi connectivity index (χ4n) is 4.17. The van der Waals surface area contributed by atoms with E-state index in [9.17, 15) is 4.79 Å². The summed E-state index contributed by atoms with van der Waals surface area (Å²) in [7, 11) is 1.48. The molecule has 3 fully saturated rings. The van der Waals surface area contributed by atoms with E-state index in [0.29, 0.717) is 5.41 Å². The standard InChI is InChI=1S/C18H31N3O2.HI/c1-3-19-17(20-13-18(9-4-10-18)15-5-6-15)21-11-7-14(8-12-21)16(22)23-2;/h14-15H,3-13H2,1-2H3,(H,19,20);1H. The van der Waals surface area contributed by atoms with Crippen LogP contribution in [0.5, 0.6) is 0 Å². The van der Waals surface area contributed by atoms with Crippen LogP contribution in [0.4, 0.5) is 0 Å². The fourth-order valence-corrected chi connectivity index (χ4v) is 4.17. The number of aliphatic imine (C=N–C) groups is 1. The molecular formula is C18H32IN3O2. The molecule has 0 aromatic rings. The van der Waals surface area contributed by atoms with Crippen LogP contribution in [0.2, 0.25) is 0 Å². The SMILES string of the molecule is CCNC(=NCC1(C2CC2)CCC1)N1CCC(C(=O)OC)CC1.I. The molecular weight excluding hydrogens is 417 g/mol. The van der Waals surface area contributed by atoms with Crippen molar-refractivity contribution in [1.29, 1.82) is 0 Å². The number of nitrogens with one attached hydrogen (secondary N) is 1. The van der Waals surface area contributed by atoms with Crippen LogP contribution in [0.3, 0.4) is 0 Å². The quantitative estimate of drug-likeness (QED) is 0.304. The third-order valence-corrected chi connectivity index (χ3v) is 6.00. The van der Waals surface area contributed by atoms with Gasteiger partial charge in [0.2, 0.25) is 0 Å². The Labute approximate surface area is 163 Å². The molecule has 0 aromatic carbocycles. The van der Waals surface area contributed by atoms with E-state index in [1.165, 1.54) is 39.2 Å². The van der Waals surface area contributed by atoms with E-state index in [1.54, 1.807) is 0 Å². The molecule has 138 valence electrons. The minimum atomic E-state index is -0.0613. The second-order valence-corrected chi connectivity index (χ2v) is 7.44. The zero-order valence-electron chi connectivity index (χ0n) is 15.1. The summed E-state index contributed by atoms with van der Waals surface area (Å²) < 4.78 is 4.88. The molecule has 0 spiro atoms. The largest absolute Gasteiger partial charge is 0.469 e. The van der Waals surface area contributed by atoms with E-state index in [4.69, 9.17) is 9.73 Å². The van der Waals surface area contributed by atoms with Crippen molar-refractivity contribution >= 4 is 35.9 Å². The summed E-state index contributed by atoms with van der Waals surface area (Å²) in [5, 5.41) is 3.45. The predicted octanol–water partition coefficient (Wildman–Crippen LogP) is 3.04. The second-order valence-electron chi connectivity index (χ2n) is 7.44. The average Bonchev–Trinajstić information content (AvgIpc) is 3.37. The van der Waals surface area contributed by atoms with Gasteiger partial charge in [0.05, 0.1) is 13.0 Å². The Balaban J connectivity index is 0.00000208. The van der Waals surface area contributed by atoms with Crippen molar-refractivity contribution in [2.45, 2.75) is 51.9 Å². The Morgan fingerprint density at radius 3 is 2.38 bits per heavy atom. The number of hydrogen-bond acceptors (Lipinski definition) is 3. The number of nitrogens with zero attached hydrogens (tertiary/aromatic N) is 2. The average molecular weight is 449 g/mol. The molecule has 5 nitrogen and oxygen atoms in total. The molecule has 6 heteroatoms. The summed E-state index contributed by atoms with van der Waals surface area (Å²) in [5.74, 6) is 1.98. The lowest BCUT2D eigenvalue weighted by atomic mass is 9.65. The topological polar surface area (TPSA) is 53.9 Å². The number of carbonyl (C=O) groups excluding carboxylic acids is 1. The Hall–Kier alpha value is -0.530. The number of hydrogen-bond donors (Lipinski definition) is 1. The number of carbonyl (C=O) groups is 1. The van der Waals surface area contributed by atoms with E-state index in [1.807, 2.05) is 0 Å². The molecule has 1 N–H and O–H groups in total. The van der Waals surface area contributed by atoms with Gasteiger partial charge in [-0.05, 0) is 56.8 Å². The first-order valence-electron chi connectivity index (χ1n) is 9.29. The summed E-state index contributed by atoms with van der Waals surface area (Å²) in [6.45, 7) is 5.78. The van der Waals surface area contributed by atoms with Crippen molar-refractivity contribution in [1.82, 2.24) is 10.2 Å². The van der Waals surface area contributed by atoms with Crippen LogP contribution in [0.25, 0.3) is 0 Å². The molecule has 0 atom stereocenters. The highest BCUT2D eigenvalue weighted by Gasteiger charge is 2.48. The van der Waals surface area contributed by atoms with Gasteiger partial charge in [-0.1, -0.05) is 6.42 Å². The Morgan fingerprint density at radius 1 is 1.25 bits per heavy atom. The van der Waals surface area contributed by atoms with Gasteiger partial charge >= 0.3 is 5.97 Å². The van der Waals surface area contributed by atoms with E-state index < -0.39 is 0 Å². The normalized spacial score (nSPS) is 23.9. The van der Waals surface area contributed by atoms with E-state index in [-0.39, 0.29) is 35.9 Å². The maximum absolute atomic E-state index is 11.7. The molecule has 1 saturated heterocycles. The van der Waals surface area contributed by atoms with Crippen LogP contribution >= 0.6 is 24.0 Å². The Morgan fingerprint density at radius 2 is 1.92 bits per heavy atom. The van der Waals surface area contributed by atoms with E-state index in [2.05, 4.69) is 17.1 Å². The van der Waals surface area contributed by atoms with Crippen molar-refractivity contribution in [3.63, 3.8) is 0 Å². The lowest BCUT2D eigenvalue weighted by molar-refractivity contribution is -0.146. The highest BCUT2D eigenvalue weighted by Crippen LogP contribution is 2.57. The number of halogens is 1. The zero-order valence-corrected chi connectivity index (χ0v) is 17.4. The first-order valence-corrected chi connectivity index (χ1v) is 9.29. The molecule has 2 aliphatic carbocycles. The second kappa shape index (κ2) is 8.72. The summed E-state index contributed by atoms with van der Waals surface area (Å²) in [5.41, 5.74) is 0.519. The molecule has 24 heavy (non-hydrogen) atoms. The molecule has 1 heterocycles. The number of piperidine rings is 1. The van der Waals surface area contributed by atoms with Gasteiger partial charge < -0.3 is 15.0 Å². The molecule has 3 aliphatic rings. The smallest absolute Gasteiger partial charge is 0.308 e. The Kier molecular flexibility index (Phi) is 7.19. The van der Waals surface area contributed by atoms with Gasteiger partial charge in [0.25, 0.3) is 0 Å². The predicted molar refractivity (Wildman–Crippen MR) is 107 cm³/mol. The highest BCUT2D eigenvalue weighted by molar-refractivity contribution is 14.0. The van der Waals surface area contributed by atoms with Gasteiger partial charge in [0, 0.05) is 26.2 Å². The molecule has 0 bridgehead atoms. The van der Waals surface area contributed by atoms with Gasteiger partial charge in [-0.3, -0.25) is 9.79 Å². The Bertz CT molecular complexity index is 453. The van der Waals surface area contributed by atoms with E-state index in [0.717, 1.165) is 50.9 Å². The van der Waals surface area contributed by atoms with Crippen molar-refractivity contribution in [3.8, 4) is 0 Å². The van der Waals surface area contributed by atoms with Gasteiger partial charge in [-0.2, -0.15) is 0 Å². The molecule has 3 rings (SSSR count). The van der Waals surface area contributed by atoms with Crippen LogP contribution in [-0.4, -0.2) is 50.1 Å². The van der Waals surface area contributed by atoms with Gasteiger partial charge in [-0.15, -0.1) is 24.0 Å². The fraction of sp³-hybridized carbons (Fsp3) is 0.889. The summed E-state index contributed by atoms with van der Waals surface area (Å²) in [6, 6.07) is 0. The zero-order chi connectivity index (χ0) is 16.3. The number of esters is 1. The van der Waals surface area contributed by atoms with Crippen LogP contribution in [0, 0.1) is 17.3 Å². The third-order valence-electron chi connectivity index (χ3n) is 6.00. The summed E-state index contributed by atoms with van der Waals surface area (Å²) in [4.78, 5) is 19.0. The molecule has 2 saturated carbocycles.